The van der Waals surface area contributed by atoms with Gasteiger partial charge in [0.25, 0.3) is 0 Å². The highest BCUT2D eigenvalue weighted by atomic mass is 16.1. The van der Waals surface area contributed by atoms with Crippen LogP contribution in [0.4, 0.5) is 0 Å². The molecule has 0 bridgehead atoms. The second kappa shape index (κ2) is 5.49. The summed E-state index contributed by atoms with van der Waals surface area (Å²) in [5, 5.41) is 4.29. The average molecular weight is 256 g/mol. The molecule has 0 aliphatic heterocycles. The van der Waals surface area contributed by atoms with Crippen LogP contribution in [-0.4, -0.2) is 22.9 Å². The van der Waals surface area contributed by atoms with Gasteiger partial charge in [-0.2, -0.15) is 0 Å². The minimum absolute atomic E-state index is 0.0318. The predicted octanol–water partition coefficient (Wildman–Crippen LogP) is 2.73. The van der Waals surface area contributed by atoms with Gasteiger partial charge in [-0.25, -0.2) is 0 Å². The van der Waals surface area contributed by atoms with Crippen LogP contribution < -0.4 is 5.32 Å². The van der Waals surface area contributed by atoms with E-state index in [0.29, 0.717) is 13.0 Å². The number of carbonyl (C=O) groups excluding carboxylic acids is 1. The van der Waals surface area contributed by atoms with Gasteiger partial charge in [0.2, 0.25) is 0 Å². The van der Waals surface area contributed by atoms with Gasteiger partial charge < -0.3 is 5.32 Å². The van der Waals surface area contributed by atoms with Gasteiger partial charge in [0.15, 0.2) is 5.78 Å². The van der Waals surface area contributed by atoms with E-state index < -0.39 is 0 Å². The average Bonchev–Trinajstić information content (AvgIpc) is 2.36. The Morgan fingerprint density at radius 1 is 1.21 bits per heavy atom. The van der Waals surface area contributed by atoms with Crippen LogP contribution in [0.5, 0.6) is 0 Å². The SMILES string of the molecule is CC(C)(C)NCC(=O)Cc1ccnc2ccccc12. The number of aromatic nitrogens is 1. The largest absolute Gasteiger partial charge is 0.305 e. The maximum atomic E-state index is 12.0. The van der Waals surface area contributed by atoms with Gasteiger partial charge in [-0.1, -0.05) is 18.2 Å². The second-order valence-corrected chi connectivity index (χ2v) is 5.81. The maximum absolute atomic E-state index is 12.0. The summed E-state index contributed by atoms with van der Waals surface area (Å²) in [5.41, 5.74) is 1.96. The molecule has 19 heavy (non-hydrogen) atoms. The van der Waals surface area contributed by atoms with E-state index in [9.17, 15) is 4.79 Å². The van der Waals surface area contributed by atoms with E-state index in [4.69, 9.17) is 0 Å². The third-order valence-corrected chi connectivity index (χ3v) is 2.94. The van der Waals surface area contributed by atoms with Crippen molar-refractivity contribution in [2.75, 3.05) is 6.54 Å². The molecule has 0 aliphatic carbocycles. The second-order valence-electron chi connectivity index (χ2n) is 5.81. The zero-order valence-electron chi connectivity index (χ0n) is 11.7. The summed E-state index contributed by atoms with van der Waals surface area (Å²) in [6, 6.07) is 9.85. The molecule has 1 heterocycles. The van der Waals surface area contributed by atoms with Crippen LogP contribution in [0, 0.1) is 0 Å². The number of pyridine rings is 1. The lowest BCUT2D eigenvalue weighted by atomic mass is 10.0. The highest BCUT2D eigenvalue weighted by Crippen LogP contribution is 2.16. The standard InChI is InChI=1S/C16H20N2O/c1-16(2,3)18-11-13(19)10-12-8-9-17-15-7-5-4-6-14(12)15/h4-9,18H,10-11H2,1-3H3. The van der Waals surface area contributed by atoms with Crippen LogP contribution >= 0.6 is 0 Å². The molecule has 3 nitrogen and oxygen atoms in total. The first-order valence-corrected chi connectivity index (χ1v) is 6.55. The van der Waals surface area contributed by atoms with Crippen molar-refractivity contribution in [3.05, 3.63) is 42.1 Å². The molecule has 100 valence electrons. The first kappa shape index (κ1) is 13.7. The summed E-state index contributed by atoms with van der Waals surface area (Å²) >= 11 is 0. The highest BCUT2D eigenvalue weighted by molar-refractivity contribution is 5.89. The Morgan fingerprint density at radius 3 is 2.68 bits per heavy atom. The van der Waals surface area contributed by atoms with Gasteiger partial charge in [0, 0.05) is 23.5 Å². The van der Waals surface area contributed by atoms with E-state index in [0.717, 1.165) is 16.5 Å². The summed E-state index contributed by atoms with van der Waals surface area (Å²) in [6.07, 6.45) is 2.22. The van der Waals surface area contributed by atoms with Gasteiger partial charge in [-0.05, 0) is 38.5 Å². The molecule has 0 atom stereocenters. The molecule has 0 amide bonds. The number of para-hydroxylation sites is 1. The van der Waals surface area contributed by atoms with Gasteiger partial charge in [-0.15, -0.1) is 0 Å². The molecule has 0 saturated heterocycles. The van der Waals surface area contributed by atoms with Crippen molar-refractivity contribution in [3.63, 3.8) is 0 Å². The number of nitrogens with zero attached hydrogens (tertiary/aromatic N) is 1. The Morgan fingerprint density at radius 2 is 1.95 bits per heavy atom. The van der Waals surface area contributed by atoms with Crippen LogP contribution in [0.25, 0.3) is 10.9 Å². The summed E-state index contributed by atoms with van der Waals surface area (Å²) in [7, 11) is 0. The highest BCUT2D eigenvalue weighted by Gasteiger charge is 2.12. The molecule has 0 aliphatic rings. The minimum atomic E-state index is -0.0318. The van der Waals surface area contributed by atoms with Crippen molar-refractivity contribution in [1.82, 2.24) is 10.3 Å². The first-order valence-electron chi connectivity index (χ1n) is 6.55. The fourth-order valence-electron chi connectivity index (χ4n) is 1.95. The van der Waals surface area contributed by atoms with Crippen molar-refractivity contribution in [2.45, 2.75) is 32.7 Å². The number of nitrogens with one attached hydrogen (secondary N) is 1. The molecule has 1 aromatic heterocycles. The maximum Gasteiger partial charge on any atom is 0.151 e. The Hall–Kier alpha value is -1.74. The molecule has 0 spiro atoms. The molecule has 0 unspecified atom stereocenters. The number of fused-ring (bicyclic) bond motifs is 1. The number of rotatable bonds is 4. The van der Waals surface area contributed by atoms with E-state index >= 15 is 0 Å². The number of ketones is 1. The summed E-state index contributed by atoms with van der Waals surface area (Å²) in [6.45, 7) is 6.58. The summed E-state index contributed by atoms with van der Waals surface area (Å²) in [4.78, 5) is 16.3. The third-order valence-electron chi connectivity index (χ3n) is 2.94. The molecule has 2 rings (SSSR count). The van der Waals surface area contributed by atoms with E-state index in [1.807, 2.05) is 30.3 Å². The third kappa shape index (κ3) is 3.86. The van der Waals surface area contributed by atoms with Gasteiger partial charge in [-0.3, -0.25) is 9.78 Å². The molecule has 0 fully saturated rings. The normalized spacial score (nSPS) is 11.7. The Kier molecular flexibility index (Phi) is 3.96. The van der Waals surface area contributed by atoms with E-state index in [-0.39, 0.29) is 11.3 Å². The number of Topliss-reactive ketones (excluding diaryl/α,β-unsaturated/α-hetero) is 1. The lowest BCUT2D eigenvalue weighted by Gasteiger charge is -2.19. The number of hydrogen-bond acceptors (Lipinski definition) is 3. The van der Waals surface area contributed by atoms with Crippen molar-refractivity contribution in [1.29, 1.82) is 0 Å². The Bertz CT molecular complexity index is 579. The molecule has 1 aromatic carbocycles. The van der Waals surface area contributed by atoms with E-state index in [1.165, 1.54) is 0 Å². The minimum Gasteiger partial charge on any atom is -0.305 e. The monoisotopic (exact) mass is 256 g/mol. The van der Waals surface area contributed by atoms with Crippen molar-refractivity contribution in [3.8, 4) is 0 Å². The van der Waals surface area contributed by atoms with Gasteiger partial charge in [0.05, 0.1) is 12.1 Å². The predicted molar refractivity (Wildman–Crippen MR) is 78.2 cm³/mol. The fourth-order valence-corrected chi connectivity index (χ4v) is 1.95. The van der Waals surface area contributed by atoms with Crippen molar-refractivity contribution < 1.29 is 4.79 Å². The van der Waals surface area contributed by atoms with Crippen LogP contribution in [0.1, 0.15) is 26.3 Å². The van der Waals surface area contributed by atoms with Crippen molar-refractivity contribution >= 4 is 16.7 Å². The molecule has 0 radical (unpaired) electrons. The zero-order valence-corrected chi connectivity index (χ0v) is 11.7. The topological polar surface area (TPSA) is 42.0 Å². The molecule has 2 aromatic rings. The molecule has 1 N–H and O–H groups in total. The van der Waals surface area contributed by atoms with E-state index in [1.54, 1.807) is 6.20 Å². The molecular formula is C16H20N2O. The van der Waals surface area contributed by atoms with Crippen LogP contribution in [0.2, 0.25) is 0 Å². The van der Waals surface area contributed by atoms with Crippen molar-refractivity contribution in [2.24, 2.45) is 0 Å². The smallest absolute Gasteiger partial charge is 0.151 e. The summed E-state index contributed by atoms with van der Waals surface area (Å²) in [5.74, 6) is 0.200. The number of carbonyl (C=O) groups is 1. The van der Waals surface area contributed by atoms with Crippen LogP contribution in [0.15, 0.2) is 36.5 Å². The molecule has 3 heteroatoms. The van der Waals surface area contributed by atoms with E-state index in [2.05, 4.69) is 31.1 Å². The lowest BCUT2D eigenvalue weighted by molar-refractivity contribution is -0.117. The number of benzene rings is 1. The quantitative estimate of drug-likeness (QED) is 0.914. The Balaban J connectivity index is 2.11. The molecular weight excluding hydrogens is 236 g/mol. The number of hydrogen-bond donors (Lipinski definition) is 1. The van der Waals surface area contributed by atoms with Crippen LogP contribution in [0.3, 0.4) is 0 Å². The van der Waals surface area contributed by atoms with Gasteiger partial charge in [0.1, 0.15) is 0 Å². The Labute approximate surface area is 114 Å². The zero-order chi connectivity index (χ0) is 13.9. The molecule has 0 saturated carbocycles. The van der Waals surface area contributed by atoms with Crippen LogP contribution in [-0.2, 0) is 11.2 Å². The van der Waals surface area contributed by atoms with Gasteiger partial charge >= 0.3 is 0 Å². The summed E-state index contributed by atoms with van der Waals surface area (Å²) < 4.78 is 0. The first-order chi connectivity index (χ1) is 8.96. The lowest BCUT2D eigenvalue weighted by Crippen LogP contribution is -2.39. The fraction of sp³-hybridized carbons (Fsp3) is 0.375.